The summed E-state index contributed by atoms with van der Waals surface area (Å²) >= 11 is 0. The van der Waals surface area contributed by atoms with Crippen molar-refractivity contribution in [2.45, 2.75) is 32.2 Å². The molecular weight excluding hydrogens is 198 g/mol. The van der Waals surface area contributed by atoms with E-state index in [0.29, 0.717) is 19.6 Å². The Bertz CT molecular complexity index is 236. The number of ether oxygens (including phenoxy) is 1. The molecular formula is C10H17NO4. The van der Waals surface area contributed by atoms with Crippen LogP contribution in [0, 0.1) is 5.92 Å². The number of rotatable bonds is 4. The number of carboxylic acid groups (broad SMARTS) is 1. The smallest absolute Gasteiger partial charge is 0.326 e. The van der Waals surface area contributed by atoms with E-state index in [-0.39, 0.29) is 11.8 Å². The second kappa shape index (κ2) is 5.70. The Morgan fingerprint density at radius 1 is 1.60 bits per heavy atom. The highest BCUT2D eigenvalue weighted by Crippen LogP contribution is 2.17. The third-order valence-electron chi connectivity index (χ3n) is 2.57. The molecule has 0 aliphatic carbocycles. The lowest BCUT2D eigenvalue weighted by Gasteiger charge is -2.27. The summed E-state index contributed by atoms with van der Waals surface area (Å²) in [4.78, 5) is 22.1. The molecule has 2 N–H and O–H groups in total. The summed E-state index contributed by atoms with van der Waals surface area (Å²) in [7, 11) is 0. The molecule has 0 radical (unpaired) electrons. The summed E-state index contributed by atoms with van der Waals surface area (Å²) in [5, 5.41) is 11.5. The molecule has 0 spiro atoms. The van der Waals surface area contributed by atoms with Gasteiger partial charge >= 0.3 is 5.97 Å². The molecule has 1 heterocycles. The van der Waals surface area contributed by atoms with E-state index in [1.54, 1.807) is 6.92 Å². The molecule has 0 aromatic rings. The van der Waals surface area contributed by atoms with Gasteiger partial charge in [0, 0.05) is 18.9 Å². The second-order valence-electron chi connectivity index (χ2n) is 3.71. The van der Waals surface area contributed by atoms with Crippen LogP contribution in [0.1, 0.15) is 26.2 Å². The van der Waals surface area contributed by atoms with E-state index >= 15 is 0 Å². The van der Waals surface area contributed by atoms with Crippen molar-refractivity contribution in [2.75, 3.05) is 13.2 Å². The minimum absolute atomic E-state index is 0.105. The van der Waals surface area contributed by atoms with Crippen LogP contribution in [0.25, 0.3) is 0 Å². The number of amides is 1. The van der Waals surface area contributed by atoms with Crippen molar-refractivity contribution in [3.63, 3.8) is 0 Å². The Balaban J connectivity index is 2.55. The maximum absolute atomic E-state index is 11.2. The molecule has 0 saturated carbocycles. The zero-order chi connectivity index (χ0) is 11.3. The maximum atomic E-state index is 11.2. The van der Waals surface area contributed by atoms with Crippen LogP contribution in [-0.4, -0.2) is 36.2 Å². The molecule has 0 bridgehead atoms. The highest BCUT2D eigenvalue weighted by atomic mass is 16.5. The van der Waals surface area contributed by atoms with Crippen molar-refractivity contribution in [2.24, 2.45) is 5.92 Å². The lowest BCUT2D eigenvalue weighted by Crippen LogP contribution is -2.48. The van der Waals surface area contributed by atoms with Crippen LogP contribution in [0.15, 0.2) is 0 Å². The zero-order valence-corrected chi connectivity index (χ0v) is 8.86. The normalized spacial score (nSPS) is 23.1. The fourth-order valence-electron chi connectivity index (χ4n) is 1.69. The first-order chi connectivity index (χ1) is 7.15. The van der Waals surface area contributed by atoms with E-state index in [9.17, 15) is 9.59 Å². The SMILES string of the molecule is CCC(=O)NC(C(=O)O)C1CCCOC1. The van der Waals surface area contributed by atoms with Crippen LogP contribution in [0.5, 0.6) is 0 Å². The van der Waals surface area contributed by atoms with Gasteiger partial charge in [0.05, 0.1) is 6.61 Å². The molecule has 86 valence electrons. The van der Waals surface area contributed by atoms with Gasteiger partial charge in [-0.05, 0) is 12.8 Å². The van der Waals surface area contributed by atoms with Crippen molar-refractivity contribution in [1.29, 1.82) is 0 Å². The van der Waals surface area contributed by atoms with Crippen LogP contribution < -0.4 is 5.32 Å². The Labute approximate surface area is 88.8 Å². The predicted octanol–water partition coefficient (Wildman–Crippen LogP) is 0.392. The van der Waals surface area contributed by atoms with Crippen molar-refractivity contribution < 1.29 is 19.4 Å². The van der Waals surface area contributed by atoms with E-state index in [1.807, 2.05) is 0 Å². The van der Waals surface area contributed by atoms with E-state index in [4.69, 9.17) is 9.84 Å². The van der Waals surface area contributed by atoms with Crippen LogP contribution in [-0.2, 0) is 14.3 Å². The molecule has 1 aliphatic rings. The fourth-order valence-corrected chi connectivity index (χ4v) is 1.69. The van der Waals surface area contributed by atoms with E-state index < -0.39 is 12.0 Å². The molecule has 1 saturated heterocycles. The van der Waals surface area contributed by atoms with Gasteiger partial charge in [0.2, 0.25) is 5.91 Å². The number of carboxylic acids is 1. The number of hydrogen-bond acceptors (Lipinski definition) is 3. The Morgan fingerprint density at radius 3 is 2.80 bits per heavy atom. The standard InChI is InChI=1S/C10H17NO4/c1-2-8(12)11-9(10(13)14)7-4-3-5-15-6-7/h7,9H,2-6H2,1H3,(H,11,12)(H,13,14). The number of carbonyl (C=O) groups excluding carboxylic acids is 1. The Hall–Kier alpha value is -1.10. The molecule has 5 nitrogen and oxygen atoms in total. The lowest BCUT2D eigenvalue weighted by molar-refractivity contribution is -0.145. The lowest BCUT2D eigenvalue weighted by atomic mass is 9.93. The van der Waals surface area contributed by atoms with Gasteiger partial charge in [0.15, 0.2) is 0 Å². The fraction of sp³-hybridized carbons (Fsp3) is 0.800. The molecule has 15 heavy (non-hydrogen) atoms. The van der Waals surface area contributed by atoms with Gasteiger partial charge in [0.25, 0.3) is 0 Å². The van der Waals surface area contributed by atoms with Crippen molar-refractivity contribution in [1.82, 2.24) is 5.32 Å². The summed E-state index contributed by atoms with van der Waals surface area (Å²) < 4.78 is 5.21. The van der Waals surface area contributed by atoms with Crippen molar-refractivity contribution in [3.8, 4) is 0 Å². The van der Waals surface area contributed by atoms with E-state index in [2.05, 4.69) is 5.32 Å². The topological polar surface area (TPSA) is 75.6 Å². The monoisotopic (exact) mass is 215 g/mol. The summed E-state index contributed by atoms with van der Waals surface area (Å²) in [6.45, 7) is 2.80. The number of carbonyl (C=O) groups is 2. The summed E-state index contributed by atoms with van der Waals surface area (Å²) in [6.07, 6.45) is 1.95. The average Bonchev–Trinajstić information content (AvgIpc) is 2.26. The third kappa shape index (κ3) is 3.51. The number of aliphatic carboxylic acids is 1. The van der Waals surface area contributed by atoms with E-state index in [0.717, 1.165) is 12.8 Å². The molecule has 0 aromatic heterocycles. The first-order valence-corrected chi connectivity index (χ1v) is 5.25. The summed E-state index contributed by atoms with van der Waals surface area (Å²) in [5.74, 6) is -1.31. The minimum Gasteiger partial charge on any atom is -0.480 e. The number of nitrogens with one attached hydrogen (secondary N) is 1. The highest BCUT2D eigenvalue weighted by molar-refractivity contribution is 5.83. The van der Waals surface area contributed by atoms with Crippen LogP contribution in [0.3, 0.4) is 0 Å². The Kier molecular flexibility index (Phi) is 4.55. The Morgan fingerprint density at radius 2 is 2.33 bits per heavy atom. The van der Waals surface area contributed by atoms with Gasteiger partial charge in [0.1, 0.15) is 6.04 Å². The molecule has 2 unspecified atom stereocenters. The summed E-state index contributed by atoms with van der Waals surface area (Å²) in [6, 6.07) is -0.808. The van der Waals surface area contributed by atoms with Gasteiger partial charge in [-0.2, -0.15) is 0 Å². The first-order valence-electron chi connectivity index (χ1n) is 5.25. The van der Waals surface area contributed by atoms with Crippen molar-refractivity contribution >= 4 is 11.9 Å². The molecule has 1 aliphatic heterocycles. The predicted molar refractivity (Wildman–Crippen MR) is 53.4 cm³/mol. The van der Waals surface area contributed by atoms with Crippen LogP contribution >= 0.6 is 0 Å². The second-order valence-corrected chi connectivity index (χ2v) is 3.71. The summed E-state index contributed by atoms with van der Waals surface area (Å²) in [5.41, 5.74) is 0. The van der Waals surface area contributed by atoms with Gasteiger partial charge in [-0.25, -0.2) is 4.79 Å². The molecule has 0 aromatic carbocycles. The largest absolute Gasteiger partial charge is 0.480 e. The third-order valence-corrected chi connectivity index (χ3v) is 2.57. The average molecular weight is 215 g/mol. The molecule has 1 fully saturated rings. The van der Waals surface area contributed by atoms with E-state index in [1.165, 1.54) is 0 Å². The molecule has 1 amide bonds. The first kappa shape index (κ1) is 12.0. The molecule has 2 atom stereocenters. The van der Waals surface area contributed by atoms with Gasteiger partial charge in [-0.3, -0.25) is 4.79 Å². The maximum Gasteiger partial charge on any atom is 0.326 e. The van der Waals surface area contributed by atoms with Crippen LogP contribution in [0.4, 0.5) is 0 Å². The minimum atomic E-state index is -0.979. The van der Waals surface area contributed by atoms with Crippen molar-refractivity contribution in [3.05, 3.63) is 0 Å². The quantitative estimate of drug-likeness (QED) is 0.711. The number of hydrogen-bond donors (Lipinski definition) is 2. The van der Waals surface area contributed by atoms with Gasteiger partial charge < -0.3 is 15.2 Å². The van der Waals surface area contributed by atoms with Gasteiger partial charge in [-0.1, -0.05) is 6.92 Å². The van der Waals surface area contributed by atoms with Crippen LogP contribution in [0.2, 0.25) is 0 Å². The molecule has 5 heteroatoms. The zero-order valence-electron chi connectivity index (χ0n) is 8.86. The van der Waals surface area contributed by atoms with Gasteiger partial charge in [-0.15, -0.1) is 0 Å². The highest BCUT2D eigenvalue weighted by Gasteiger charge is 2.30. The molecule has 1 rings (SSSR count).